The van der Waals surface area contributed by atoms with E-state index in [0.29, 0.717) is 17.5 Å². The van der Waals surface area contributed by atoms with E-state index in [1.165, 1.54) is 5.56 Å². The highest BCUT2D eigenvalue weighted by molar-refractivity contribution is 9.10. The SMILES string of the molecule is CC(CC(CN)Nc1ccc(Br)c(Cl)c1)c1ccccc1. The molecule has 2 nitrogen and oxygen atoms in total. The second-order valence-corrected chi connectivity index (χ2v) is 6.51. The molecule has 21 heavy (non-hydrogen) atoms. The summed E-state index contributed by atoms with van der Waals surface area (Å²) in [5.41, 5.74) is 8.25. The van der Waals surface area contributed by atoms with E-state index in [-0.39, 0.29) is 6.04 Å². The van der Waals surface area contributed by atoms with Gasteiger partial charge in [0.2, 0.25) is 0 Å². The Bertz CT molecular complexity index is 574. The van der Waals surface area contributed by atoms with Gasteiger partial charge in [0, 0.05) is 22.7 Å². The van der Waals surface area contributed by atoms with Crippen molar-refractivity contribution in [1.29, 1.82) is 0 Å². The number of halogens is 2. The molecule has 0 fully saturated rings. The Hall–Kier alpha value is -1.03. The van der Waals surface area contributed by atoms with Gasteiger partial charge >= 0.3 is 0 Å². The number of hydrogen-bond acceptors (Lipinski definition) is 2. The fourth-order valence-electron chi connectivity index (χ4n) is 2.38. The topological polar surface area (TPSA) is 38.0 Å². The monoisotopic (exact) mass is 366 g/mol. The van der Waals surface area contributed by atoms with E-state index in [9.17, 15) is 0 Å². The van der Waals surface area contributed by atoms with Crippen LogP contribution in [0.3, 0.4) is 0 Å². The van der Waals surface area contributed by atoms with Crippen LogP contribution in [0.1, 0.15) is 24.8 Å². The number of hydrogen-bond donors (Lipinski definition) is 2. The summed E-state index contributed by atoms with van der Waals surface area (Å²) >= 11 is 9.52. The summed E-state index contributed by atoms with van der Waals surface area (Å²) in [5.74, 6) is 0.457. The number of benzene rings is 2. The van der Waals surface area contributed by atoms with Crippen LogP contribution in [0.4, 0.5) is 5.69 Å². The zero-order chi connectivity index (χ0) is 15.2. The Morgan fingerprint density at radius 1 is 1.19 bits per heavy atom. The van der Waals surface area contributed by atoms with Gasteiger partial charge < -0.3 is 11.1 Å². The van der Waals surface area contributed by atoms with Crippen molar-refractivity contribution < 1.29 is 0 Å². The van der Waals surface area contributed by atoms with Crippen LogP contribution in [0.5, 0.6) is 0 Å². The number of rotatable bonds is 6. The van der Waals surface area contributed by atoms with Gasteiger partial charge in [-0.15, -0.1) is 0 Å². The Morgan fingerprint density at radius 2 is 1.90 bits per heavy atom. The molecule has 0 aliphatic rings. The normalized spacial score (nSPS) is 13.7. The van der Waals surface area contributed by atoms with Crippen molar-refractivity contribution in [2.75, 3.05) is 11.9 Å². The lowest BCUT2D eigenvalue weighted by molar-refractivity contribution is 0.586. The van der Waals surface area contributed by atoms with E-state index in [4.69, 9.17) is 17.3 Å². The second kappa shape index (κ2) is 7.83. The van der Waals surface area contributed by atoms with E-state index in [1.807, 2.05) is 24.3 Å². The average Bonchev–Trinajstić information content (AvgIpc) is 2.51. The minimum atomic E-state index is 0.220. The van der Waals surface area contributed by atoms with Crippen molar-refractivity contribution in [2.45, 2.75) is 25.3 Å². The molecular weight excluding hydrogens is 348 g/mol. The van der Waals surface area contributed by atoms with Crippen molar-refractivity contribution in [3.8, 4) is 0 Å². The molecular formula is C17H20BrClN2. The molecule has 0 heterocycles. The number of anilines is 1. The fraction of sp³-hybridized carbons (Fsp3) is 0.294. The van der Waals surface area contributed by atoms with E-state index in [0.717, 1.165) is 16.6 Å². The van der Waals surface area contributed by atoms with Crippen LogP contribution in [0.2, 0.25) is 5.02 Å². The molecule has 2 aromatic carbocycles. The largest absolute Gasteiger partial charge is 0.381 e. The molecule has 112 valence electrons. The summed E-state index contributed by atoms with van der Waals surface area (Å²) in [4.78, 5) is 0. The van der Waals surface area contributed by atoms with Gasteiger partial charge in [-0.1, -0.05) is 48.9 Å². The Morgan fingerprint density at radius 3 is 2.52 bits per heavy atom. The van der Waals surface area contributed by atoms with Gasteiger partial charge in [0.15, 0.2) is 0 Å². The van der Waals surface area contributed by atoms with Crippen LogP contribution in [0, 0.1) is 0 Å². The van der Waals surface area contributed by atoms with Gasteiger partial charge in [-0.25, -0.2) is 0 Å². The lowest BCUT2D eigenvalue weighted by Crippen LogP contribution is -2.30. The van der Waals surface area contributed by atoms with Crippen LogP contribution >= 0.6 is 27.5 Å². The zero-order valence-corrected chi connectivity index (χ0v) is 14.4. The third-order valence-electron chi connectivity index (χ3n) is 3.58. The fourth-order valence-corrected chi connectivity index (χ4v) is 2.81. The molecule has 0 aliphatic carbocycles. The summed E-state index contributed by atoms with van der Waals surface area (Å²) in [6, 6.07) is 16.6. The Kier molecular flexibility index (Phi) is 6.09. The van der Waals surface area contributed by atoms with Gasteiger partial charge in [-0.3, -0.25) is 0 Å². The smallest absolute Gasteiger partial charge is 0.0568 e. The maximum atomic E-state index is 6.12. The molecule has 2 unspecified atom stereocenters. The summed E-state index contributed by atoms with van der Waals surface area (Å²) < 4.78 is 0.900. The molecule has 0 amide bonds. The Balaban J connectivity index is 2.01. The molecule has 3 N–H and O–H groups in total. The zero-order valence-electron chi connectivity index (χ0n) is 12.0. The first-order valence-corrected chi connectivity index (χ1v) is 8.24. The lowest BCUT2D eigenvalue weighted by Gasteiger charge is -2.22. The molecule has 0 saturated carbocycles. The van der Waals surface area contributed by atoms with Gasteiger partial charge in [0.05, 0.1) is 5.02 Å². The number of nitrogens with one attached hydrogen (secondary N) is 1. The van der Waals surface area contributed by atoms with Crippen LogP contribution in [0.15, 0.2) is 53.0 Å². The Labute approximate surface area is 139 Å². The summed E-state index contributed by atoms with van der Waals surface area (Å²) in [6.07, 6.45) is 0.980. The quantitative estimate of drug-likeness (QED) is 0.751. The summed E-state index contributed by atoms with van der Waals surface area (Å²) in [6.45, 7) is 2.82. The standard InChI is InChI=1S/C17H20BrClN2/c1-12(13-5-3-2-4-6-13)9-15(11-20)21-14-7-8-16(18)17(19)10-14/h2-8,10,12,15,21H,9,11,20H2,1H3. The van der Waals surface area contributed by atoms with Crippen molar-refractivity contribution in [1.82, 2.24) is 0 Å². The molecule has 0 bridgehead atoms. The molecule has 2 aromatic rings. The van der Waals surface area contributed by atoms with Gasteiger partial charge in [-0.05, 0) is 52.0 Å². The molecule has 4 heteroatoms. The molecule has 0 aliphatic heterocycles. The third kappa shape index (κ3) is 4.73. The maximum Gasteiger partial charge on any atom is 0.0568 e. The van der Waals surface area contributed by atoms with Gasteiger partial charge in [0.25, 0.3) is 0 Å². The first-order valence-electron chi connectivity index (χ1n) is 7.06. The minimum absolute atomic E-state index is 0.220. The van der Waals surface area contributed by atoms with E-state index in [2.05, 4.69) is 52.4 Å². The van der Waals surface area contributed by atoms with Crippen LogP contribution < -0.4 is 11.1 Å². The van der Waals surface area contributed by atoms with Crippen LogP contribution in [-0.2, 0) is 0 Å². The van der Waals surface area contributed by atoms with Crippen molar-refractivity contribution in [3.05, 3.63) is 63.6 Å². The lowest BCUT2D eigenvalue weighted by atomic mass is 9.94. The van der Waals surface area contributed by atoms with Gasteiger partial charge in [-0.2, -0.15) is 0 Å². The van der Waals surface area contributed by atoms with Crippen LogP contribution in [0.25, 0.3) is 0 Å². The molecule has 2 rings (SSSR count). The first kappa shape index (κ1) is 16.3. The highest BCUT2D eigenvalue weighted by atomic mass is 79.9. The summed E-state index contributed by atoms with van der Waals surface area (Å²) in [7, 11) is 0. The van der Waals surface area contributed by atoms with Crippen LogP contribution in [-0.4, -0.2) is 12.6 Å². The van der Waals surface area contributed by atoms with E-state index < -0.39 is 0 Å². The van der Waals surface area contributed by atoms with E-state index >= 15 is 0 Å². The third-order valence-corrected chi connectivity index (χ3v) is 4.81. The highest BCUT2D eigenvalue weighted by Crippen LogP contribution is 2.27. The van der Waals surface area contributed by atoms with Gasteiger partial charge in [0.1, 0.15) is 0 Å². The second-order valence-electron chi connectivity index (χ2n) is 5.25. The molecule has 2 atom stereocenters. The molecule has 0 radical (unpaired) electrons. The average molecular weight is 368 g/mol. The van der Waals surface area contributed by atoms with Crippen molar-refractivity contribution in [2.24, 2.45) is 5.73 Å². The van der Waals surface area contributed by atoms with Crippen molar-refractivity contribution >= 4 is 33.2 Å². The maximum absolute atomic E-state index is 6.12. The predicted molar refractivity (Wildman–Crippen MR) is 95.1 cm³/mol. The van der Waals surface area contributed by atoms with Crippen molar-refractivity contribution in [3.63, 3.8) is 0 Å². The summed E-state index contributed by atoms with van der Waals surface area (Å²) in [5, 5.41) is 4.17. The molecule has 0 aromatic heterocycles. The molecule has 0 saturated heterocycles. The molecule has 0 spiro atoms. The first-order chi connectivity index (χ1) is 10.1. The highest BCUT2D eigenvalue weighted by Gasteiger charge is 2.13. The minimum Gasteiger partial charge on any atom is -0.381 e. The number of nitrogens with two attached hydrogens (primary N) is 1. The predicted octanol–water partition coefficient (Wildman–Crippen LogP) is 5.04. The van der Waals surface area contributed by atoms with E-state index in [1.54, 1.807) is 0 Å².